The molecule has 4 rings (SSSR count). The third-order valence-electron chi connectivity index (χ3n) is 8.09. The summed E-state index contributed by atoms with van der Waals surface area (Å²) in [6.07, 6.45) is 2.18. The first-order valence-electron chi connectivity index (χ1n) is 9.58. The van der Waals surface area contributed by atoms with Crippen molar-refractivity contribution in [2.75, 3.05) is 13.2 Å². The Labute approximate surface area is 157 Å². The molecule has 3 aliphatic rings. The molecule has 7 atom stereocenters. The van der Waals surface area contributed by atoms with Gasteiger partial charge in [0.1, 0.15) is 11.7 Å². The highest BCUT2D eigenvalue weighted by Crippen LogP contribution is 2.69. The van der Waals surface area contributed by atoms with Crippen LogP contribution in [-0.2, 0) is 16.0 Å². The van der Waals surface area contributed by atoms with Crippen molar-refractivity contribution in [2.24, 2.45) is 16.7 Å². The Kier molecular flexibility index (Phi) is 4.15. The molecule has 0 aromatic carbocycles. The van der Waals surface area contributed by atoms with Crippen molar-refractivity contribution in [3.05, 3.63) is 24.2 Å². The van der Waals surface area contributed by atoms with E-state index in [2.05, 4.69) is 0 Å². The number of furan rings is 1. The van der Waals surface area contributed by atoms with Crippen molar-refractivity contribution in [1.29, 1.82) is 0 Å². The van der Waals surface area contributed by atoms with Crippen molar-refractivity contribution >= 4 is 5.78 Å². The average molecular weight is 380 g/mol. The highest BCUT2D eigenvalue weighted by Gasteiger charge is 2.83. The van der Waals surface area contributed by atoms with Gasteiger partial charge >= 0.3 is 0 Å². The van der Waals surface area contributed by atoms with Crippen molar-refractivity contribution in [3.8, 4) is 0 Å². The van der Waals surface area contributed by atoms with Gasteiger partial charge < -0.3 is 29.6 Å². The Hall–Kier alpha value is -1.25. The Morgan fingerprint density at radius 3 is 2.59 bits per heavy atom. The highest BCUT2D eigenvalue weighted by atomic mass is 16.6. The molecule has 0 radical (unpaired) electrons. The van der Waals surface area contributed by atoms with E-state index in [0.717, 1.165) is 5.56 Å². The van der Waals surface area contributed by atoms with E-state index in [0.29, 0.717) is 12.8 Å². The number of ether oxygens (including phenoxy) is 1. The summed E-state index contributed by atoms with van der Waals surface area (Å²) < 4.78 is 10.7. The minimum Gasteiger partial charge on any atom is -0.472 e. The summed E-state index contributed by atoms with van der Waals surface area (Å²) in [5.74, 6) is -1.04. The van der Waals surface area contributed by atoms with Gasteiger partial charge in [0.25, 0.3) is 0 Å². The molecule has 2 saturated carbocycles. The minimum absolute atomic E-state index is 0.105. The Bertz CT molecular complexity index is 727. The summed E-state index contributed by atoms with van der Waals surface area (Å²) in [4.78, 5) is 13.1. The van der Waals surface area contributed by atoms with E-state index in [-0.39, 0.29) is 19.4 Å². The molecule has 1 aliphatic heterocycles. The van der Waals surface area contributed by atoms with Crippen LogP contribution in [0.15, 0.2) is 23.0 Å². The summed E-state index contributed by atoms with van der Waals surface area (Å²) >= 11 is 0. The summed E-state index contributed by atoms with van der Waals surface area (Å²) in [5.41, 5.74) is -4.47. The standard InChI is InChI=1S/C20H28O7/c1-12-15(23)16(24)18(10-21)19(11-27-19)14(22)4-7-20(18,25)17(12,2)6-3-13-5-8-26-9-13/h5,8-9,12,14,16,21-22,24-25H,3-4,6-7,10-11H2,1-2H3/t12-,14+,16+,17+,18+,19-,20+/m1/s1. The number of Topliss-reactive ketones (excluding diaryl/α,β-unsaturated/α-hetero) is 1. The highest BCUT2D eigenvalue weighted by molar-refractivity contribution is 5.89. The van der Waals surface area contributed by atoms with Gasteiger partial charge in [-0.1, -0.05) is 13.8 Å². The second-order valence-electron chi connectivity index (χ2n) is 8.80. The molecule has 27 heavy (non-hydrogen) atoms. The maximum absolute atomic E-state index is 13.1. The molecule has 0 unspecified atom stereocenters. The number of hydrogen-bond acceptors (Lipinski definition) is 7. The second kappa shape index (κ2) is 5.87. The SMILES string of the molecule is C[C@@H]1C(=O)[C@H](O)[C@]2(CO)[C@](O)(CC[C@H](O)[C@]23CO3)[C@@]1(C)CCc1ccoc1. The first-order valence-corrected chi connectivity index (χ1v) is 9.58. The lowest BCUT2D eigenvalue weighted by Crippen LogP contribution is -2.81. The second-order valence-corrected chi connectivity index (χ2v) is 8.80. The third kappa shape index (κ3) is 2.07. The molecule has 0 amide bonds. The maximum atomic E-state index is 13.1. The van der Waals surface area contributed by atoms with Crippen LogP contribution in [0.5, 0.6) is 0 Å². The number of rotatable bonds is 4. The fourth-order valence-corrected chi connectivity index (χ4v) is 5.99. The van der Waals surface area contributed by atoms with Crippen molar-refractivity contribution in [2.45, 2.75) is 62.9 Å². The number of carbonyl (C=O) groups is 1. The van der Waals surface area contributed by atoms with E-state index in [9.17, 15) is 25.2 Å². The summed E-state index contributed by atoms with van der Waals surface area (Å²) in [7, 11) is 0. The predicted molar refractivity (Wildman–Crippen MR) is 93.7 cm³/mol. The van der Waals surface area contributed by atoms with Gasteiger partial charge in [0, 0.05) is 11.3 Å². The maximum Gasteiger partial charge on any atom is 0.165 e. The van der Waals surface area contributed by atoms with Crippen LogP contribution in [-0.4, -0.2) is 62.8 Å². The fraction of sp³-hybridized carbons (Fsp3) is 0.750. The molecular weight excluding hydrogens is 352 g/mol. The Morgan fingerprint density at radius 2 is 2.04 bits per heavy atom. The first-order chi connectivity index (χ1) is 12.7. The van der Waals surface area contributed by atoms with E-state index in [1.165, 1.54) is 0 Å². The number of carbonyl (C=O) groups excluding carboxylic acids is 1. The molecule has 1 aromatic heterocycles. The van der Waals surface area contributed by atoms with Crippen LogP contribution in [0.25, 0.3) is 0 Å². The molecule has 0 bridgehead atoms. The van der Waals surface area contributed by atoms with E-state index < -0.39 is 52.5 Å². The molecule has 2 aliphatic carbocycles. The predicted octanol–water partition coefficient (Wildman–Crippen LogP) is 0.432. The number of fused-ring (bicyclic) bond motifs is 2. The quantitative estimate of drug-likeness (QED) is 0.559. The lowest BCUT2D eigenvalue weighted by atomic mass is 9.39. The lowest BCUT2D eigenvalue weighted by molar-refractivity contribution is -0.303. The monoisotopic (exact) mass is 380 g/mol. The van der Waals surface area contributed by atoms with E-state index >= 15 is 0 Å². The van der Waals surface area contributed by atoms with Crippen LogP contribution < -0.4 is 0 Å². The molecule has 150 valence electrons. The molecule has 1 aromatic rings. The topological polar surface area (TPSA) is 124 Å². The fourth-order valence-electron chi connectivity index (χ4n) is 5.99. The van der Waals surface area contributed by atoms with Crippen LogP contribution in [0, 0.1) is 16.7 Å². The summed E-state index contributed by atoms with van der Waals surface area (Å²) in [5, 5.41) is 44.0. The van der Waals surface area contributed by atoms with Gasteiger partial charge in [-0.3, -0.25) is 4.79 Å². The lowest BCUT2D eigenvalue weighted by Gasteiger charge is -2.67. The normalized spacial score (nSPS) is 49.3. The number of aliphatic hydroxyl groups excluding tert-OH is 3. The summed E-state index contributed by atoms with van der Waals surface area (Å²) in [6, 6.07) is 1.84. The van der Waals surface area contributed by atoms with E-state index in [4.69, 9.17) is 9.15 Å². The molecule has 4 N–H and O–H groups in total. The van der Waals surface area contributed by atoms with Gasteiger partial charge in [0.05, 0.1) is 42.9 Å². The van der Waals surface area contributed by atoms with Crippen LogP contribution in [0.1, 0.15) is 38.7 Å². The van der Waals surface area contributed by atoms with Gasteiger partial charge in [-0.2, -0.15) is 0 Å². The van der Waals surface area contributed by atoms with Crippen LogP contribution in [0.3, 0.4) is 0 Å². The third-order valence-corrected chi connectivity index (χ3v) is 8.09. The molecule has 1 saturated heterocycles. The number of aryl methyl sites for hydroxylation is 1. The average Bonchev–Trinajstić information content (AvgIpc) is 3.28. The number of hydrogen-bond donors (Lipinski definition) is 4. The molecule has 3 fully saturated rings. The van der Waals surface area contributed by atoms with Gasteiger partial charge in [0.15, 0.2) is 5.78 Å². The van der Waals surface area contributed by atoms with Gasteiger partial charge in [0.2, 0.25) is 0 Å². The molecule has 2 heterocycles. The zero-order chi connectivity index (χ0) is 19.7. The first kappa shape index (κ1) is 19.1. The van der Waals surface area contributed by atoms with Crippen molar-refractivity contribution < 1.29 is 34.4 Å². The Balaban J connectivity index is 1.83. The summed E-state index contributed by atoms with van der Waals surface area (Å²) in [6.45, 7) is 3.04. The van der Waals surface area contributed by atoms with E-state index in [1.807, 2.05) is 13.0 Å². The van der Waals surface area contributed by atoms with Gasteiger partial charge in [-0.25, -0.2) is 0 Å². The zero-order valence-corrected chi connectivity index (χ0v) is 15.7. The smallest absolute Gasteiger partial charge is 0.165 e. The van der Waals surface area contributed by atoms with Crippen molar-refractivity contribution in [3.63, 3.8) is 0 Å². The van der Waals surface area contributed by atoms with Gasteiger partial charge in [-0.15, -0.1) is 0 Å². The minimum atomic E-state index is -1.65. The van der Waals surface area contributed by atoms with Gasteiger partial charge in [-0.05, 0) is 37.3 Å². The molecule has 7 nitrogen and oxygen atoms in total. The Morgan fingerprint density at radius 1 is 1.33 bits per heavy atom. The number of epoxide rings is 1. The molecule has 1 spiro atoms. The van der Waals surface area contributed by atoms with Crippen molar-refractivity contribution in [1.82, 2.24) is 0 Å². The zero-order valence-electron chi connectivity index (χ0n) is 15.7. The molecular formula is C20H28O7. The van der Waals surface area contributed by atoms with Crippen LogP contribution in [0.2, 0.25) is 0 Å². The number of ketones is 1. The van der Waals surface area contributed by atoms with Crippen LogP contribution >= 0.6 is 0 Å². The largest absolute Gasteiger partial charge is 0.472 e. The molecule has 7 heteroatoms. The van der Waals surface area contributed by atoms with E-state index in [1.54, 1.807) is 19.5 Å². The van der Waals surface area contributed by atoms with Crippen LogP contribution in [0.4, 0.5) is 0 Å². The number of aliphatic hydroxyl groups is 4.